The molecular weight excluding hydrogens is 242 g/mol. The third kappa shape index (κ3) is 3.12. The highest BCUT2D eigenvalue weighted by Gasteiger charge is 2.14. The minimum Gasteiger partial charge on any atom is -0.492 e. The molecule has 0 fully saturated rings. The van der Waals surface area contributed by atoms with E-state index in [0.717, 1.165) is 5.56 Å². The Morgan fingerprint density at radius 2 is 2.05 bits per heavy atom. The first-order chi connectivity index (χ1) is 9.11. The van der Waals surface area contributed by atoms with Crippen LogP contribution in [0.3, 0.4) is 0 Å². The van der Waals surface area contributed by atoms with Crippen LogP contribution < -0.4 is 4.74 Å². The number of rotatable bonds is 5. The Balaban J connectivity index is 2.22. The smallest absolute Gasteiger partial charge is 0.137 e. The number of ether oxygens (including phenoxy) is 1. The van der Waals surface area contributed by atoms with Crippen LogP contribution in [0.15, 0.2) is 30.9 Å². The zero-order valence-corrected chi connectivity index (χ0v) is 11.4. The summed E-state index contributed by atoms with van der Waals surface area (Å²) in [5.41, 5.74) is 1.46. The maximum Gasteiger partial charge on any atom is 0.137 e. The highest BCUT2D eigenvalue weighted by atomic mass is 16.5. The zero-order valence-electron chi connectivity index (χ0n) is 11.4. The molecule has 5 heteroatoms. The molecule has 0 aromatic carbocycles. The Morgan fingerprint density at radius 3 is 2.68 bits per heavy atom. The molecule has 102 valence electrons. The molecule has 1 atom stereocenters. The highest BCUT2D eigenvalue weighted by molar-refractivity contribution is 5.30. The summed E-state index contributed by atoms with van der Waals surface area (Å²) in [4.78, 5) is 4.08. The van der Waals surface area contributed by atoms with Gasteiger partial charge in [0, 0.05) is 29.6 Å². The Kier molecular flexibility index (Phi) is 4.16. The van der Waals surface area contributed by atoms with Gasteiger partial charge in [-0.25, -0.2) is 0 Å². The molecule has 0 aliphatic rings. The third-order valence-electron chi connectivity index (χ3n) is 2.83. The predicted octanol–water partition coefficient (Wildman–Crippen LogP) is 2.34. The van der Waals surface area contributed by atoms with Crippen molar-refractivity contribution >= 4 is 0 Å². The van der Waals surface area contributed by atoms with Gasteiger partial charge in [0.25, 0.3) is 0 Å². The third-order valence-corrected chi connectivity index (χ3v) is 2.83. The van der Waals surface area contributed by atoms with Crippen molar-refractivity contribution in [1.82, 2.24) is 14.8 Å². The molecule has 19 heavy (non-hydrogen) atoms. The van der Waals surface area contributed by atoms with Crippen molar-refractivity contribution in [2.24, 2.45) is 0 Å². The zero-order chi connectivity index (χ0) is 13.8. The van der Waals surface area contributed by atoms with E-state index in [1.807, 2.05) is 31.6 Å². The molecule has 2 rings (SSSR count). The molecule has 0 aliphatic carbocycles. The van der Waals surface area contributed by atoms with Crippen molar-refractivity contribution in [3.8, 4) is 5.75 Å². The second-order valence-corrected chi connectivity index (χ2v) is 4.64. The van der Waals surface area contributed by atoms with Crippen LogP contribution in [0.25, 0.3) is 0 Å². The summed E-state index contributed by atoms with van der Waals surface area (Å²) in [5, 5.41) is 14.6. The van der Waals surface area contributed by atoms with Gasteiger partial charge in [-0.1, -0.05) is 0 Å². The molecule has 5 nitrogen and oxygen atoms in total. The van der Waals surface area contributed by atoms with E-state index in [2.05, 4.69) is 10.1 Å². The lowest BCUT2D eigenvalue weighted by Gasteiger charge is -2.10. The van der Waals surface area contributed by atoms with Crippen LogP contribution in [0.1, 0.15) is 44.0 Å². The second kappa shape index (κ2) is 5.84. The molecular formula is C14H19N3O2. The summed E-state index contributed by atoms with van der Waals surface area (Å²) >= 11 is 0. The number of hydrogen-bond acceptors (Lipinski definition) is 4. The van der Waals surface area contributed by atoms with Crippen molar-refractivity contribution in [3.63, 3.8) is 0 Å². The lowest BCUT2D eigenvalue weighted by Crippen LogP contribution is -2.02. The largest absolute Gasteiger partial charge is 0.492 e. The minimum atomic E-state index is -0.736. The van der Waals surface area contributed by atoms with Gasteiger partial charge in [0.2, 0.25) is 0 Å². The van der Waals surface area contributed by atoms with Crippen molar-refractivity contribution < 1.29 is 9.84 Å². The monoisotopic (exact) mass is 261 g/mol. The van der Waals surface area contributed by atoms with Crippen LogP contribution in [-0.4, -0.2) is 26.5 Å². The minimum absolute atomic E-state index is 0.272. The SMILES string of the molecule is CCOc1cncc(C(O)c2cnn(C(C)C)c2)c1. The summed E-state index contributed by atoms with van der Waals surface area (Å²) in [6.45, 7) is 6.57. The van der Waals surface area contributed by atoms with Gasteiger partial charge in [-0.2, -0.15) is 5.10 Å². The molecule has 0 amide bonds. The van der Waals surface area contributed by atoms with Crippen LogP contribution in [0, 0.1) is 0 Å². The summed E-state index contributed by atoms with van der Waals surface area (Å²) in [6, 6.07) is 2.07. The molecule has 0 radical (unpaired) electrons. The summed E-state index contributed by atoms with van der Waals surface area (Å²) in [7, 11) is 0. The maximum atomic E-state index is 10.3. The Hall–Kier alpha value is -1.88. The van der Waals surface area contributed by atoms with Crippen LogP contribution in [-0.2, 0) is 0 Å². The average molecular weight is 261 g/mol. The quantitative estimate of drug-likeness (QED) is 0.897. The van der Waals surface area contributed by atoms with Crippen molar-refractivity contribution in [3.05, 3.63) is 42.0 Å². The molecule has 1 unspecified atom stereocenters. The van der Waals surface area contributed by atoms with Gasteiger partial charge in [-0.05, 0) is 26.8 Å². The number of nitrogens with zero attached hydrogens (tertiary/aromatic N) is 3. The maximum absolute atomic E-state index is 10.3. The molecule has 0 saturated heterocycles. The fraction of sp³-hybridized carbons (Fsp3) is 0.429. The molecule has 0 aliphatic heterocycles. The fourth-order valence-corrected chi connectivity index (χ4v) is 1.80. The van der Waals surface area contributed by atoms with E-state index < -0.39 is 6.10 Å². The first-order valence-corrected chi connectivity index (χ1v) is 6.41. The first-order valence-electron chi connectivity index (χ1n) is 6.41. The van der Waals surface area contributed by atoms with Crippen LogP contribution >= 0.6 is 0 Å². The predicted molar refractivity (Wildman–Crippen MR) is 72.1 cm³/mol. The van der Waals surface area contributed by atoms with E-state index >= 15 is 0 Å². The highest BCUT2D eigenvalue weighted by Crippen LogP contribution is 2.24. The van der Waals surface area contributed by atoms with Gasteiger partial charge in [-0.15, -0.1) is 0 Å². The fourth-order valence-electron chi connectivity index (χ4n) is 1.80. The van der Waals surface area contributed by atoms with Gasteiger partial charge < -0.3 is 9.84 Å². The topological polar surface area (TPSA) is 60.2 Å². The number of aromatic nitrogens is 3. The standard InChI is InChI=1S/C14H19N3O2/c1-4-19-13-5-11(6-15-8-13)14(18)12-7-16-17(9-12)10(2)3/h5-10,14,18H,4H2,1-3H3. The van der Waals surface area contributed by atoms with Gasteiger partial charge in [-0.3, -0.25) is 9.67 Å². The van der Waals surface area contributed by atoms with Crippen LogP contribution in [0.4, 0.5) is 0 Å². The summed E-state index contributed by atoms with van der Waals surface area (Å²) in [6.07, 6.45) is 6.07. The lowest BCUT2D eigenvalue weighted by atomic mass is 10.1. The normalized spacial score (nSPS) is 12.7. The number of pyridine rings is 1. The number of aliphatic hydroxyl groups is 1. The first kappa shape index (κ1) is 13.5. The van der Waals surface area contributed by atoms with Crippen molar-refractivity contribution in [1.29, 1.82) is 0 Å². The molecule has 2 aromatic rings. The molecule has 0 spiro atoms. The van der Waals surface area contributed by atoms with E-state index in [-0.39, 0.29) is 6.04 Å². The molecule has 2 aromatic heterocycles. The lowest BCUT2D eigenvalue weighted by molar-refractivity contribution is 0.218. The van der Waals surface area contributed by atoms with E-state index in [9.17, 15) is 5.11 Å². The van der Waals surface area contributed by atoms with E-state index in [1.165, 1.54) is 0 Å². The Labute approximate surface area is 112 Å². The molecule has 1 N–H and O–H groups in total. The Morgan fingerprint density at radius 1 is 1.26 bits per heavy atom. The van der Waals surface area contributed by atoms with E-state index in [0.29, 0.717) is 17.9 Å². The van der Waals surface area contributed by atoms with Crippen molar-refractivity contribution in [2.45, 2.75) is 32.9 Å². The van der Waals surface area contributed by atoms with Crippen molar-refractivity contribution in [2.75, 3.05) is 6.61 Å². The molecule has 0 saturated carbocycles. The average Bonchev–Trinajstić information content (AvgIpc) is 2.88. The van der Waals surface area contributed by atoms with Crippen LogP contribution in [0.2, 0.25) is 0 Å². The summed E-state index contributed by atoms with van der Waals surface area (Å²) in [5.74, 6) is 0.662. The number of hydrogen-bond donors (Lipinski definition) is 1. The van der Waals surface area contributed by atoms with Gasteiger partial charge in [0.05, 0.1) is 19.0 Å². The summed E-state index contributed by atoms with van der Waals surface area (Å²) < 4.78 is 7.20. The Bertz CT molecular complexity index is 537. The van der Waals surface area contributed by atoms with Crippen LogP contribution in [0.5, 0.6) is 5.75 Å². The van der Waals surface area contributed by atoms with Gasteiger partial charge in [0.15, 0.2) is 0 Å². The second-order valence-electron chi connectivity index (χ2n) is 4.64. The van der Waals surface area contributed by atoms with E-state index in [1.54, 1.807) is 24.7 Å². The van der Waals surface area contributed by atoms with E-state index in [4.69, 9.17) is 4.74 Å². The molecule has 2 heterocycles. The molecule has 0 bridgehead atoms. The number of aliphatic hydroxyl groups excluding tert-OH is 1. The van der Waals surface area contributed by atoms with Gasteiger partial charge >= 0.3 is 0 Å². The van der Waals surface area contributed by atoms with Gasteiger partial charge in [0.1, 0.15) is 11.9 Å².